The Balaban J connectivity index is 2.16. The van der Waals surface area contributed by atoms with Crippen LogP contribution in [-0.4, -0.2) is 26.7 Å². The summed E-state index contributed by atoms with van der Waals surface area (Å²) in [5.41, 5.74) is 1.69. The molecule has 0 unspecified atom stereocenters. The van der Waals surface area contributed by atoms with E-state index in [1.807, 2.05) is 18.8 Å². The van der Waals surface area contributed by atoms with Crippen LogP contribution in [0.25, 0.3) is 0 Å². The van der Waals surface area contributed by atoms with Crippen molar-refractivity contribution in [3.63, 3.8) is 0 Å². The van der Waals surface area contributed by atoms with Crippen molar-refractivity contribution in [2.24, 2.45) is 10.5 Å². The van der Waals surface area contributed by atoms with Crippen LogP contribution in [0, 0.1) is 5.41 Å². The zero-order valence-corrected chi connectivity index (χ0v) is 10.7. The monoisotopic (exact) mass is 265 g/mol. The summed E-state index contributed by atoms with van der Waals surface area (Å²) in [6.07, 6.45) is 1.48. The third-order valence-electron chi connectivity index (χ3n) is 2.79. The lowest BCUT2D eigenvalue weighted by Gasteiger charge is -2.28. The van der Waals surface area contributed by atoms with Crippen molar-refractivity contribution in [1.29, 1.82) is 0 Å². The Kier molecular flexibility index (Phi) is 3.32. The van der Waals surface area contributed by atoms with E-state index < -0.39 is 11.2 Å². The van der Waals surface area contributed by atoms with Crippen LogP contribution < -0.4 is 16.7 Å². The fourth-order valence-electron chi connectivity index (χ4n) is 2.14. The van der Waals surface area contributed by atoms with Gasteiger partial charge < -0.3 is 0 Å². The average Bonchev–Trinajstić information content (AvgIpc) is 2.25. The van der Waals surface area contributed by atoms with Crippen LogP contribution in [0.3, 0.4) is 0 Å². The maximum absolute atomic E-state index is 11.6. The highest BCUT2D eigenvalue weighted by Crippen LogP contribution is 2.31. The van der Waals surface area contributed by atoms with Crippen molar-refractivity contribution >= 4 is 17.3 Å². The molecule has 2 rings (SSSR count). The normalized spacial score (nSPS) is 20.5. The fourth-order valence-corrected chi connectivity index (χ4v) is 2.14. The zero-order valence-electron chi connectivity index (χ0n) is 10.7. The second-order valence-electron chi connectivity index (χ2n) is 5.38. The molecule has 1 saturated carbocycles. The molecule has 0 radical (unpaired) electrons. The van der Waals surface area contributed by atoms with E-state index in [2.05, 4.69) is 20.7 Å². The van der Waals surface area contributed by atoms with E-state index in [-0.39, 0.29) is 23.4 Å². The second kappa shape index (κ2) is 4.79. The van der Waals surface area contributed by atoms with Crippen LogP contribution in [0.15, 0.2) is 14.7 Å². The number of carbonyl (C=O) groups is 1. The van der Waals surface area contributed by atoms with E-state index in [0.29, 0.717) is 18.6 Å². The molecule has 0 amide bonds. The molecule has 1 aromatic rings. The Morgan fingerprint density at radius 3 is 2.63 bits per heavy atom. The lowest BCUT2D eigenvalue weighted by Crippen LogP contribution is -2.30. The number of Topliss-reactive ketones (excluding diaryl/α,β-unsaturated/α-hetero) is 1. The highest BCUT2D eigenvalue weighted by atomic mass is 16.2. The highest BCUT2D eigenvalue weighted by molar-refractivity contribution is 6.04. The van der Waals surface area contributed by atoms with Gasteiger partial charge in [0.2, 0.25) is 5.82 Å². The number of H-pyrrole nitrogens is 2. The summed E-state index contributed by atoms with van der Waals surface area (Å²) in [5, 5.41) is 9.66. The van der Waals surface area contributed by atoms with Crippen molar-refractivity contribution in [3.05, 3.63) is 20.8 Å². The summed E-state index contributed by atoms with van der Waals surface area (Å²) in [5.74, 6) is 0.0167. The molecule has 8 heteroatoms. The predicted molar refractivity (Wildman–Crippen MR) is 69.2 cm³/mol. The molecule has 3 N–H and O–H groups in total. The van der Waals surface area contributed by atoms with Gasteiger partial charge in [-0.05, 0) is 11.8 Å². The van der Waals surface area contributed by atoms with Crippen LogP contribution in [0.4, 0.5) is 5.82 Å². The van der Waals surface area contributed by atoms with Gasteiger partial charge in [0.05, 0.1) is 0 Å². The van der Waals surface area contributed by atoms with Gasteiger partial charge in [0.1, 0.15) is 5.78 Å². The second-order valence-corrected chi connectivity index (χ2v) is 5.38. The van der Waals surface area contributed by atoms with Gasteiger partial charge in [-0.2, -0.15) is 5.10 Å². The Hall–Kier alpha value is -2.25. The Morgan fingerprint density at radius 1 is 1.26 bits per heavy atom. The van der Waals surface area contributed by atoms with Crippen molar-refractivity contribution in [3.8, 4) is 0 Å². The summed E-state index contributed by atoms with van der Waals surface area (Å²) >= 11 is 0. The third kappa shape index (κ3) is 3.36. The molecule has 0 aromatic carbocycles. The van der Waals surface area contributed by atoms with E-state index in [9.17, 15) is 14.4 Å². The molecule has 1 aliphatic rings. The summed E-state index contributed by atoms with van der Waals surface area (Å²) in [6.45, 7) is 3.98. The van der Waals surface area contributed by atoms with Crippen LogP contribution >= 0.6 is 0 Å². The number of aromatic amines is 2. The molecule has 19 heavy (non-hydrogen) atoms. The molecule has 0 bridgehead atoms. The molecule has 0 saturated heterocycles. The molecule has 0 atom stereocenters. The standard InChI is InChI=1S/C11H15N5O3/c1-11(2)4-6(3-7(17)5-11)13-14-8-9(18)12-10(19)16-15-8/h3-5H2,1-2H3,(H,14,15)(H2,12,16,18,19). The molecule has 8 nitrogen and oxygen atoms in total. The number of rotatable bonds is 2. The number of nitrogens with one attached hydrogen (secondary N) is 3. The van der Waals surface area contributed by atoms with E-state index in [1.54, 1.807) is 0 Å². The van der Waals surface area contributed by atoms with Crippen molar-refractivity contribution < 1.29 is 4.79 Å². The number of aromatic nitrogens is 3. The van der Waals surface area contributed by atoms with Gasteiger partial charge in [-0.3, -0.25) is 20.0 Å². The molecular weight excluding hydrogens is 250 g/mol. The summed E-state index contributed by atoms with van der Waals surface area (Å²) < 4.78 is 0. The van der Waals surface area contributed by atoms with Crippen LogP contribution in [-0.2, 0) is 4.79 Å². The van der Waals surface area contributed by atoms with E-state index >= 15 is 0 Å². The maximum Gasteiger partial charge on any atom is 0.342 e. The predicted octanol–water partition coefficient (Wildman–Crippen LogP) is 0.00530. The summed E-state index contributed by atoms with van der Waals surface area (Å²) in [7, 11) is 0. The van der Waals surface area contributed by atoms with Crippen LogP contribution in [0.2, 0.25) is 0 Å². The van der Waals surface area contributed by atoms with Gasteiger partial charge in [0.15, 0.2) is 0 Å². The number of carbonyl (C=O) groups excluding carboxylic acids is 1. The average molecular weight is 265 g/mol. The first-order chi connectivity index (χ1) is 8.85. The molecular formula is C11H15N5O3. The van der Waals surface area contributed by atoms with Crippen LogP contribution in [0.1, 0.15) is 33.1 Å². The van der Waals surface area contributed by atoms with Crippen molar-refractivity contribution in [2.45, 2.75) is 33.1 Å². The Morgan fingerprint density at radius 2 is 2.00 bits per heavy atom. The summed E-state index contributed by atoms with van der Waals surface area (Å²) in [6, 6.07) is 0. The highest BCUT2D eigenvalue weighted by Gasteiger charge is 2.30. The molecule has 0 aliphatic heterocycles. The first-order valence-corrected chi connectivity index (χ1v) is 5.88. The molecule has 1 fully saturated rings. The lowest BCUT2D eigenvalue weighted by molar-refractivity contribution is -0.120. The smallest absolute Gasteiger partial charge is 0.299 e. The molecule has 102 valence electrons. The van der Waals surface area contributed by atoms with Gasteiger partial charge in [-0.1, -0.05) is 13.8 Å². The number of ketones is 1. The minimum Gasteiger partial charge on any atom is -0.299 e. The van der Waals surface area contributed by atoms with Crippen molar-refractivity contribution in [2.75, 3.05) is 5.43 Å². The van der Waals surface area contributed by atoms with Crippen LogP contribution in [0.5, 0.6) is 0 Å². The number of hydrogen-bond donors (Lipinski definition) is 3. The van der Waals surface area contributed by atoms with Crippen molar-refractivity contribution in [1.82, 2.24) is 15.2 Å². The maximum atomic E-state index is 11.6. The number of hydrogen-bond acceptors (Lipinski definition) is 6. The van der Waals surface area contributed by atoms with Gasteiger partial charge in [0, 0.05) is 18.6 Å². The Bertz CT molecular complexity index is 640. The lowest BCUT2D eigenvalue weighted by atomic mass is 9.76. The van der Waals surface area contributed by atoms with Gasteiger partial charge in [-0.25, -0.2) is 9.89 Å². The van der Waals surface area contributed by atoms with E-state index in [0.717, 1.165) is 0 Å². The van der Waals surface area contributed by atoms with Gasteiger partial charge in [0.25, 0.3) is 5.56 Å². The number of anilines is 1. The Labute approximate surface area is 108 Å². The number of nitrogens with zero attached hydrogens (tertiary/aromatic N) is 2. The fraction of sp³-hybridized carbons (Fsp3) is 0.545. The molecule has 0 spiro atoms. The minimum atomic E-state index is -0.683. The quantitative estimate of drug-likeness (QED) is 0.650. The first kappa shape index (κ1) is 13.2. The largest absolute Gasteiger partial charge is 0.342 e. The van der Waals surface area contributed by atoms with Gasteiger partial charge >= 0.3 is 5.69 Å². The SMILES string of the molecule is CC1(C)CC(=O)CC(=NNc2n[nH]c(=O)[nH]c2=O)C1. The summed E-state index contributed by atoms with van der Waals surface area (Å²) in [4.78, 5) is 35.8. The zero-order chi connectivity index (χ0) is 14.0. The third-order valence-corrected chi connectivity index (χ3v) is 2.79. The molecule has 1 aromatic heterocycles. The van der Waals surface area contributed by atoms with Gasteiger partial charge in [-0.15, -0.1) is 5.10 Å². The number of hydrazone groups is 1. The van der Waals surface area contributed by atoms with E-state index in [4.69, 9.17) is 0 Å². The molecule has 1 aliphatic carbocycles. The van der Waals surface area contributed by atoms with E-state index in [1.165, 1.54) is 0 Å². The topological polar surface area (TPSA) is 120 Å². The molecule has 1 heterocycles. The minimum absolute atomic E-state index is 0.108. The first-order valence-electron chi connectivity index (χ1n) is 5.88.